The normalized spacial score (nSPS) is 18.3. The van der Waals surface area contributed by atoms with Crippen LogP contribution in [-0.4, -0.2) is 68.6 Å². The molecule has 1 amide bonds. The van der Waals surface area contributed by atoms with Gasteiger partial charge in [0.2, 0.25) is 5.91 Å². The summed E-state index contributed by atoms with van der Waals surface area (Å²) in [6.45, 7) is 2.47. The maximum Gasteiger partial charge on any atom is 0.243 e. The molecule has 1 aromatic heterocycles. The number of hydrogen-bond donors (Lipinski definition) is 1. The summed E-state index contributed by atoms with van der Waals surface area (Å²) in [7, 11) is 5.48. The molecule has 0 spiro atoms. The van der Waals surface area contributed by atoms with Crippen molar-refractivity contribution in [2.45, 2.75) is 31.9 Å². The Balaban J connectivity index is 1.96. The van der Waals surface area contributed by atoms with Gasteiger partial charge in [-0.05, 0) is 41.7 Å². The third-order valence-electron chi connectivity index (χ3n) is 3.99. The number of ether oxygens (including phenoxy) is 1. The van der Waals surface area contributed by atoms with Crippen LogP contribution in [0.1, 0.15) is 24.8 Å². The van der Waals surface area contributed by atoms with Gasteiger partial charge >= 0.3 is 0 Å². The van der Waals surface area contributed by atoms with E-state index in [1.54, 1.807) is 30.3 Å². The molecule has 7 heteroatoms. The van der Waals surface area contributed by atoms with Crippen LogP contribution >= 0.6 is 11.3 Å². The Labute approximate surface area is 148 Å². The minimum Gasteiger partial charge on any atom is -0.376 e. The first-order valence-electron chi connectivity index (χ1n) is 8.38. The van der Waals surface area contributed by atoms with Crippen LogP contribution in [0.2, 0.25) is 0 Å². The molecule has 1 saturated heterocycles. The molecule has 0 aromatic carbocycles. The van der Waals surface area contributed by atoms with Crippen LogP contribution in [0.15, 0.2) is 21.8 Å². The van der Waals surface area contributed by atoms with Crippen molar-refractivity contribution >= 4 is 23.2 Å². The van der Waals surface area contributed by atoms with Crippen LogP contribution in [0.4, 0.5) is 0 Å². The summed E-state index contributed by atoms with van der Waals surface area (Å²) in [5.41, 5.74) is 1.24. The standard InChI is InChI=1S/C17H28N4O2S/c1-20(2)16(22)11-19-17(18-10-15-6-4-5-8-23-15)21(3)12-14-7-9-24-13-14/h7,9,13,15H,4-6,8,10-12H2,1-3H3,(H,18,19). The van der Waals surface area contributed by atoms with Crippen molar-refractivity contribution in [1.82, 2.24) is 15.1 Å². The van der Waals surface area contributed by atoms with Gasteiger partial charge in [-0.25, -0.2) is 4.99 Å². The number of hydrogen-bond acceptors (Lipinski definition) is 4. The molecule has 1 fully saturated rings. The topological polar surface area (TPSA) is 57.2 Å². The van der Waals surface area contributed by atoms with Gasteiger partial charge in [-0.3, -0.25) is 4.79 Å². The van der Waals surface area contributed by atoms with E-state index in [-0.39, 0.29) is 18.6 Å². The molecular weight excluding hydrogens is 324 g/mol. The number of thiophene rings is 1. The summed E-state index contributed by atoms with van der Waals surface area (Å²) < 4.78 is 5.77. The van der Waals surface area contributed by atoms with E-state index in [4.69, 9.17) is 4.74 Å². The lowest BCUT2D eigenvalue weighted by Crippen LogP contribution is -2.43. The number of guanidine groups is 1. The monoisotopic (exact) mass is 352 g/mol. The molecule has 1 atom stereocenters. The maximum atomic E-state index is 11.8. The Kier molecular flexibility index (Phi) is 7.52. The van der Waals surface area contributed by atoms with E-state index < -0.39 is 0 Å². The molecule has 1 aliphatic heterocycles. The number of likely N-dealkylation sites (N-methyl/N-ethyl adjacent to an activating group) is 1. The number of aliphatic imine (C=N–C) groups is 1. The fraction of sp³-hybridized carbons (Fsp3) is 0.647. The van der Waals surface area contributed by atoms with Crippen LogP contribution in [-0.2, 0) is 16.1 Å². The van der Waals surface area contributed by atoms with Crippen molar-refractivity contribution in [1.29, 1.82) is 0 Å². The van der Waals surface area contributed by atoms with Gasteiger partial charge in [-0.1, -0.05) is 0 Å². The van der Waals surface area contributed by atoms with E-state index in [2.05, 4.69) is 27.1 Å². The Hall–Kier alpha value is -1.60. The highest BCUT2D eigenvalue weighted by atomic mass is 32.1. The SMILES string of the molecule is CN(C)C(=O)CN=C(NCC1CCCCO1)N(C)Cc1ccsc1. The van der Waals surface area contributed by atoms with Crippen molar-refractivity contribution in [3.8, 4) is 0 Å². The molecular formula is C17H28N4O2S. The Morgan fingerprint density at radius 3 is 2.88 bits per heavy atom. The lowest BCUT2D eigenvalue weighted by Gasteiger charge is -2.27. The Morgan fingerprint density at radius 2 is 2.25 bits per heavy atom. The first-order chi connectivity index (χ1) is 11.6. The second-order valence-corrected chi connectivity index (χ2v) is 7.07. The van der Waals surface area contributed by atoms with Crippen molar-refractivity contribution in [3.63, 3.8) is 0 Å². The van der Waals surface area contributed by atoms with Crippen molar-refractivity contribution in [2.24, 2.45) is 4.99 Å². The quantitative estimate of drug-likeness (QED) is 0.626. The van der Waals surface area contributed by atoms with Gasteiger partial charge in [0.1, 0.15) is 6.54 Å². The third-order valence-corrected chi connectivity index (χ3v) is 4.72. The van der Waals surface area contributed by atoms with Gasteiger partial charge in [-0.15, -0.1) is 0 Å². The molecule has 1 aliphatic rings. The lowest BCUT2D eigenvalue weighted by molar-refractivity contribution is -0.127. The summed E-state index contributed by atoms with van der Waals surface area (Å²) in [6, 6.07) is 2.11. The zero-order valence-corrected chi connectivity index (χ0v) is 15.6. The first kappa shape index (κ1) is 18.7. The molecule has 1 N–H and O–H groups in total. The summed E-state index contributed by atoms with van der Waals surface area (Å²) in [4.78, 5) is 19.9. The average Bonchev–Trinajstić information content (AvgIpc) is 3.08. The van der Waals surface area contributed by atoms with Crippen LogP contribution in [0.5, 0.6) is 0 Å². The second kappa shape index (κ2) is 9.64. The second-order valence-electron chi connectivity index (χ2n) is 6.29. The molecule has 1 aromatic rings. The molecule has 0 radical (unpaired) electrons. The fourth-order valence-corrected chi connectivity index (χ4v) is 3.16. The van der Waals surface area contributed by atoms with Crippen LogP contribution in [0.3, 0.4) is 0 Å². The average molecular weight is 353 g/mol. The maximum absolute atomic E-state index is 11.8. The van der Waals surface area contributed by atoms with Gasteiger partial charge in [0.15, 0.2) is 5.96 Å². The summed E-state index contributed by atoms with van der Waals surface area (Å²) in [5, 5.41) is 7.58. The number of nitrogens with zero attached hydrogens (tertiary/aromatic N) is 3. The summed E-state index contributed by atoms with van der Waals surface area (Å²) >= 11 is 1.68. The highest BCUT2D eigenvalue weighted by Crippen LogP contribution is 2.12. The molecule has 0 aliphatic carbocycles. The van der Waals surface area contributed by atoms with Crippen LogP contribution in [0.25, 0.3) is 0 Å². The molecule has 2 heterocycles. The van der Waals surface area contributed by atoms with Crippen LogP contribution in [0, 0.1) is 0 Å². The van der Waals surface area contributed by atoms with E-state index in [1.807, 2.05) is 11.9 Å². The highest BCUT2D eigenvalue weighted by Gasteiger charge is 2.16. The van der Waals surface area contributed by atoms with Crippen LogP contribution < -0.4 is 5.32 Å². The smallest absolute Gasteiger partial charge is 0.243 e. The number of amides is 1. The minimum absolute atomic E-state index is 0.00727. The zero-order valence-electron chi connectivity index (χ0n) is 14.8. The largest absolute Gasteiger partial charge is 0.376 e. The third kappa shape index (κ3) is 6.13. The summed E-state index contributed by atoms with van der Waals surface area (Å²) in [5.74, 6) is 0.734. The summed E-state index contributed by atoms with van der Waals surface area (Å²) in [6.07, 6.45) is 3.66. The Bertz CT molecular complexity index is 525. The van der Waals surface area contributed by atoms with Gasteiger partial charge in [0.05, 0.1) is 6.10 Å². The first-order valence-corrected chi connectivity index (χ1v) is 9.33. The van der Waals surface area contributed by atoms with E-state index in [0.29, 0.717) is 0 Å². The molecule has 6 nitrogen and oxygen atoms in total. The number of rotatable bonds is 6. The fourth-order valence-electron chi connectivity index (χ4n) is 2.50. The molecule has 0 bridgehead atoms. The molecule has 134 valence electrons. The van der Waals surface area contributed by atoms with E-state index in [0.717, 1.165) is 38.5 Å². The predicted octanol–water partition coefficient (Wildman–Crippen LogP) is 1.78. The molecule has 0 saturated carbocycles. The molecule has 1 unspecified atom stereocenters. The van der Waals surface area contributed by atoms with Gasteiger partial charge in [0.25, 0.3) is 0 Å². The Morgan fingerprint density at radius 1 is 1.42 bits per heavy atom. The lowest BCUT2D eigenvalue weighted by atomic mass is 10.1. The van der Waals surface area contributed by atoms with Crippen molar-refractivity contribution < 1.29 is 9.53 Å². The molecule has 24 heavy (non-hydrogen) atoms. The number of nitrogens with one attached hydrogen (secondary N) is 1. The number of carbonyl (C=O) groups is 1. The van der Waals surface area contributed by atoms with E-state index in [1.165, 1.54) is 12.0 Å². The van der Waals surface area contributed by atoms with Crippen molar-refractivity contribution in [2.75, 3.05) is 40.8 Å². The van der Waals surface area contributed by atoms with E-state index >= 15 is 0 Å². The van der Waals surface area contributed by atoms with Gasteiger partial charge < -0.3 is 19.9 Å². The number of carbonyl (C=O) groups excluding carboxylic acids is 1. The molecule has 2 rings (SSSR count). The zero-order chi connectivity index (χ0) is 17.4. The van der Waals surface area contributed by atoms with Crippen molar-refractivity contribution in [3.05, 3.63) is 22.4 Å². The van der Waals surface area contributed by atoms with Gasteiger partial charge in [-0.2, -0.15) is 11.3 Å². The predicted molar refractivity (Wildman–Crippen MR) is 98.4 cm³/mol. The van der Waals surface area contributed by atoms with Gasteiger partial charge in [0, 0.05) is 40.8 Å². The highest BCUT2D eigenvalue weighted by molar-refractivity contribution is 7.07. The minimum atomic E-state index is -0.00727. The van der Waals surface area contributed by atoms with E-state index in [9.17, 15) is 4.79 Å².